The number of unbranched alkanes of at least 4 members (excludes halogenated alkanes) is 29. The fraction of sp³-hybridized carbons (Fsp3) is 0.853. The van der Waals surface area contributed by atoms with Gasteiger partial charge in [-0.15, -0.1) is 0 Å². The Hall–Kier alpha value is -5.33. The van der Waals surface area contributed by atoms with Gasteiger partial charge >= 0.3 is 11.9 Å². The number of ether oxygens (including phenoxy) is 11. The van der Waals surface area contributed by atoms with Gasteiger partial charge in [-0.1, -0.05) is 229 Å². The van der Waals surface area contributed by atoms with Crippen LogP contribution in [0.3, 0.4) is 0 Å². The SMILES string of the molecule is CCC1O[C@@H](OCCCCCCCCCCCCCC(=O)CCOCC(COCCC(=O)CCCCCCCCCCCCCO[C@@H]2OC(CC)[C@H](C)[C@H](C)C2NC(C)=O)(COCCC(=O)NCCCCCCCCCCCCO[C@@H]2OC(COC(C)=O)[C@H](C)[C@H](C)C2C)NC(=O)CCCC(=O)Oc2c(F)c(F)c(F)c(F)c2F)C(NC(C)=O)[C@@H](C)[C@H]1C. The van der Waals surface area contributed by atoms with E-state index in [0.717, 1.165) is 218 Å². The van der Waals surface area contributed by atoms with Gasteiger partial charge in [0.25, 0.3) is 0 Å². The second-order valence-electron chi connectivity index (χ2n) is 35.5. The quantitative estimate of drug-likeness (QED) is 0.0118. The van der Waals surface area contributed by atoms with Crippen molar-refractivity contribution in [1.29, 1.82) is 0 Å². The first-order valence-corrected chi connectivity index (χ1v) is 47.6. The summed E-state index contributed by atoms with van der Waals surface area (Å²) in [5, 5.41) is 12.0. The van der Waals surface area contributed by atoms with Crippen molar-refractivity contribution in [3.63, 3.8) is 0 Å². The highest BCUT2D eigenvalue weighted by molar-refractivity contribution is 5.80. The summed E-state index contributed by atoms with van der Waals surface area (Å²) in [6.45, 7) is 25.4. The first-order chi connectivity index (χ1) is 59.0. The number of amides is 4. The predicted octanol–water partition coefficient (Wildman–Crippen LogP) is 19.1. The first-order valence-electron chi connectivity index (χ1n) is 47.6. The Morgan fingerprint density at radius 2 is 0.699 bits per heavy atom. The number of hydrogen-bond acceptors (Lipinski definition) is 19. The van der Waals surface area contributed by atoms with E-state index in [4.69, 9.17) is 47.4 Å². The zero-order chi connectivity index (χ0) is 90.3. The zero-order valence-electron chi connectivity index (χ0n) is 77.3. The summed E-state index contributed by atoms with van der Waals surface area (Å²) in [6.07, 6.45) is 33.2. The van der Waals surface area contributed by atoms with Crippen LogP contribution in [0.15, 0.2) is 0 Å². The zero-order valence-corrected chi connectivity index (χ0v) is 77.3. The normalized spacial score (nSPS) is 23.3. The van der Waals surface area contributed by atoms with Gasteiger partial charge in [0, 0.05) is 98.0 Å². The standard InChI is InChI=1S/C95H161F5N4O19/c1-13-78-68(5)70(7)89(102-73(10)105)93(120-78)117-57-45-39-33-26-20-15-17-23-29-35-41-48-76(108)52-59-113-63-95(104-82(111)50-47-51-83(112)123-91-87(99)85(97)84(96)86(98)88(91)100,64-114-60-53-77(109)49-42-36-30-24-18-16-21-27-34-40-46-58-118-94-90(103-74(11)106)71(8)69(6)79(14-2)121-94)65-115-61-54-81(110)101-55-43-37-31-25-19-22-28-32-38-44-56-116-92-72(9)66(3)67(4)80(122-92)62-119-75(12)107/h66-72,78-80,89-90,92-94H,13-65H2,1-12H3,(H,101,110)(H,102,105)(H,103,106)(H,104,111)/t66-,67+,68+,69+,70-,71-,72?,78?,79?,80?,89?,90?,92+,93+,94+,95?/m0/s1. The lowest BCUT2D eigenvalue weighted by Gasteiger charge is -2.44. The third-order valence-electron chi connectivity index (χ3n) is 25.3. The molecule has 4 rings (SSSR count). The summed E-state index contributed by atoms with van der Waals surface area (Å²) in [5.41, 5.74) is -1.49. The Labute approximate surface area is 733 Å². The molecule has 3 aliphatic heterocycles. The lowest BCUT2D eigenvalue weighted by molar-refractivity contribution is -0.255. The molecule has 3 fully saturated rings. The van der Waals surface area contributed by atoms with Crippen molar-refractivity contribution in [2.75, 3.05) is 72.6 Å². The summed E-state index contributed by atoms with van der Waals surface area (Å²) in [7, 11) is 0. The Morgan fingerprint density at radius 3 is 1.09 bits per heavy atom. The molecule has 0 radical (unpaired) electrons. The minimum absolute atomic E-state index is 0.000182. The van der Waals surface area contributed by atoms with Gasteiger partial charge in [-0.2, -0.15) is 8.78 Å². The van der Waals surface area contributed by atoms with Gasteiger partial charge in [0.15, 0.2) is 18.9 Å². The number of nitrogens with one attached hydrogen (secondary N) is 4. The van der Waals surface area contributed by atoms with Crippen molar-refractivity contribution in [3.05, 3.63) is 29.1 Å². The summed E-state index contributed by atoms with van der Waals surface area (Å²) >= 11 is 0. The van der Waals surface area contributed by atoms with E-state index in [1.54, 1.807) is 0 Å². The smallest absolute Gasteiger partial charge is 0.311 e. The molecule has 1 aromatic carbocycles. The number of benzene rings is 1. The van der Waals surface area contributed by atoms with Crippen LogP contribution in [-0.4, -0.2) is 175 Å². The number of hydrogen-bond donors (Lipinski definition) is 4. The Bertz CT molecular complexity index is 3010. The minimum atomic E-state index is -2.42. The molecule has 28 heteroatoms. The van der Waals surface area contributed by atoms with E-state index < -0.39 is 77.7 Å². The lowest BCUT2D eigenvalue weighted by atomic mass is 9.79. The molecule has 0 bridgehead atoms. The van der Waals surface area contributed by atoms with Crippen molar-refractivity contribution < 1.29 is 112 Å². The highest BCUT2D eigenvalue weighted by Crippen LogP contribution is 2.38. The number of carbonyl (C=O) groups excluding carboxylic acids is 8. The minimum Gasteiger partial charge on any atom is -0.463 e. The summed E-state index contributed by atoms with van der Waals surface area (Å²) < 4.78 is 136. The number of esters is 2. The van der Waals surface area contributed by atoms with E-state index in [1.807, 2.05) is 0 Å². The van der Waals surface area contributed by atoms with Gasteiger partial charge in [-0.25, -0.2) is 13.2 Å². The molecule has 4 amide bonds. The number of halogens is 5. The molecular weight excluding hydrogens is 1600 g/mol. The van der Waals surface area contributed by atoms with Crippen LogP contribution in [0.5, 0.6) is 5.75 Å². The highest BCUT2D eigenvalue weighted by atomic mass is 19.2. The highest BCUT2D eigenvalue weighted by Gasteiger charge is 2.45. The molecule has 0 spiro atoms. The van der Waals surface area contributed by atoms with Crippen LogP contribution in [0.4, 0.5) is 22.0 Å². The van der Waals surface area contributed by atoms with Crippen molar-refractivity contribution in [3.8, 4) is 5.75 Å². The molecule has 0 aliphatic carbocycles. The van der Waals surface area contributed by atoms with Crippen molar-refractivity contribution in [2.45, 2.75) is 408 Å². The van der Waals surface area contributed by atoms with Gasteiger partial charge in [-0.3, -0.25) is 38.4 Å². The molecule has 3 aliphatic rings. The molecule has 23 nitrogen and oxygen atoms in total. The molecule has 123 heavy (non-hydrogen) atoms. The predicted molar refractivity (Wildman–Crippen MR) is 463 cm³/mol. The van der Waals surface area contributed by atoms with Gasteiger partial charge < -0.3 is 73.4 Å². The van der Waals surface area contributed by atoms with Crippen LogP contribution in [-0.2, 0) is 85.7 Å². The maximum absolute atomic E-state index is 14.4. The molecule has 1 aromatic rings. The van der Waals surface area contributed by atoms with E-state index in [-0.39, 0.29) is 168 Å². The summed E-state index contributed by atoms with van der Waals surface area (Å²) in [5.74, 6) is -14.3. The van der Waals surface area contributed by atoms with Crippen LogP contribution >= 0.6 is 0 Å². The van der Waals surface area contributed by atoms with Crippen molar-refractivity contribution in [2.24, 2.45) is 41.4 Å². The molecule has 6 unspecified atom stereocenters. The molecule has 4 N–H and O–H groups in total. The van der Waals surface area contributed by atoms with Crippen molar-refractivity contribution in [1.82, 2.24) is 21.3 Å². The molecule has 0 saturated carbocycles. The summed E-state index contributed by atoms with van der Waals surface area (Å²) in [6, 6.07) is -0.352. The Balaban J connectivity index is 1.24. The van der Waals surface area contributed by atoms with Crippen LogP contribution < -0.4 is 26.0 Å². The van der Waals surface area contributed by atoms with E-state index in [2.05, 4.69) is 88.3 Å². The number of Topliss-reactive ketones (excluding diaryl/α,β-unsaturated/α-hetero) is 2. The molecule has 3 saturated heterocycles. The second-order valence-corrected chi connectivity index (χ2v) is 35.5. The second kappa shape index (κ2) is 64.4. The summed E-state index contributed by atoms with van der Waals surface area (Å²) in [4.78, 5) is 102. The average Bonchev–Trinajstić information content (AvgIpc) is 0.800. The number of ketones is 2. The van der Waals surface area contributed by atoms with Crippen LogP contribution in [0.25, 0.3) is 0 Å². The van der Waals surface area contributed by atoms with Gasteiger partial charge in [0.1, 0.15) is 23.7 Å². The maximum atomic E-state index is 14.4. The Morgan fingerprint density at radius 1 is 0.350 bits per heavy atom. The molecule has 710 valence electrons. The Kier molecular flexibility index (Phi) is 57.6. The van der Waals surface area contributed by atoms with E-state index in [9.17, 15) is 60.3 Å². The van der Waals surface area contributed by atoms with Gasteiger partial charge in [0.2, 0.25) is 58.5 Å². The molecular formula is C95H161F5N4O19. The molecule has 0 aromatic heterocycles. The number of carbonyl (C=O) groups is 8. The molecule has 15 atom stereocenters. The lowest BCUT2D eigenvalue weighted by Crippen LogP contribution is -2.58. The number of rotatable bonds is 71. The van der Waals surface area contributed by atoms with E-state index >= 15 is 0 Å². The molecule has 3 heterocycles. The van der Waals surface area contributed by atoms with Gasteiger partial charge in [0.05, 0.1) is 70.0 Å². The third kappa shape index (κ3) is 44.5. The largest absolute Gasteiger partial charge is 0.463 e. The van der Waals surface area contributed by atoms with Crippen LogP contribution in [0.1, 0.15) is 353 Å². The van der Waals surface area contributed by atoms with Crippen LogP contribution in [0.2, 0.25) is 0 Å². The topological polar surface area (TPSA) is 286 Å². The van der Waals surface area contributed by atoms with Gasteiger partial charge in [-0.05, 0) is 93.3 Å². The van der Waals surface area contributed by atoms with Crippen LogP contribution in [0, 0.1) is 70.5 Å². The van der Waals surface area contributed by atoms with E-state index in [0.29, 0.717) is 57.0 Å². The average molecular weight is 1760 g/mol. The monoisotopic (exact) mass is 1760 g/mol. The maximum Gasteiger partial charge on any atom is 0.311 e. The fourth-order valence-corrected chi connectivity index (χ4v) is 16.7. The third-order valence-corrected chi connectivity index (χ3v) is 25.3. The van der Waals surface area contributed by atoms with Crippen molar-refractivity contribution >= 4 is 47.1 Å². The van der Waals surface area contributed by atoms with E-state index in [1.165, 1.54) is 20.8 Å². The fourth-order valence-electron chi connectivity index (χ4n) is 16.7. The first kappa shape index (κ1) is 110.